The highest BCUT2D eigenvalue weighted by Gasteiger charge is 2.16. The number of H-pyrrole nitrogens is 2. The molecule has 3 rings (SSSR count). The number of aromatic nitrogens is 5. The van der Waals surface area contributed by atoms with Crippen LogP contribution in [0.5, 0.6) is 0 Å². The van der Waals surface area contributed by atoms with Crippen LogP contribution in [0.25, 0.3) is 5.69 Å². The first kappa shape index (κ1) is 14.3. The van der Waals surface area contributed by atoms with Gasteiger partial charge in [-0.1, -0.05) is 25.1 Å². The summed E-state index contributed by atoms with van der Waals surface area (Å²) in [5.41, 5.74) is 4.81. The highest BCUT2D eigenvalue weighted by Crippen LogP contribution is 2.18. The first-order valence-corrected chi connectivity index (χ1v) is 7.36. The second kappa shape index (κ2) is 5.63. The van der Waals surface area contributed by atoms with Crippen LogP contribution in [0.3, 0.4) is 0 Å². The van der Waals surface area contributed by atoms with Gasteiger partial charge in [0.05, 0.1) is 11.4 Å². The molecule has 0 radical (unpaired) electrons. The average Bonchev–Trinajstić information content (AvgIpc) is 3.04. The van der Waals surface area contributed by atoms with Gasteiger partial charge in [0.25, 0.3) is 0 Å². The third-order valence-corrected chi connectivity index (χ3v) is 3.97. The van der Waals surface area contributed by atoms with Crippen LogP contribution in [0.15, 0.2) is 29.1 Å². The minimum absolute atomic E-state index is 0.213. The van der Waals surface area contributed by atoms with Crippen LogP contribution in [0.1, 0.15) is 35.3 Å². The molecule has 22 heavy (non-hydrogen) atoms. The van der Waals surface area contributed by atoms with Crippen molar-refractivity contribution in [3.8, 4) is 5.69 Å². The molecular formula is C16H19N5O. The van der Waals surface area contributed by atoms with E-state index < -0.39 is 0 Å². The smallest absolute Gasteiger partial charge is 0.282 e. The lowest BCUT2D eigenvalue weighted by Gasteiger charge is -2.10. The summed E-state index contributed by atoms with van der Waals surface area (Å²) in [7, 11) is 0. The summed E-state index contributed by atoms with van der Waals surface area (Å²) in [6.07, 6.45) is 1.42. The van der Waals surface area contributed by atoms with E-state index in [0.717, 1.165) is 34.6 Å². The summed E-state index contributed by atoms with van der Waals surface area (Å²) in [6, 6.07) is 7.91. The Morgan fingerprint density at radius 2 is 1.91 bits per heavy atom. The fourth-order valence-corrected chi connectivity index (χ4v) is 2.72. The van der Waals surface area contributed by atoms with E-state index in [1.807, 2.05) is 38.1 Å². The van der Waals surface area contributed by atoms with E-state index in [-0.39, 0.29) is 5.69 Å². The number of rotatable bonds is 4. The molecule has 0 atom stereocenters. The third-order valence-electron chi connectivity index (χ3n) is 3.97. The summed E-state index contributed by atoms with van der Waals surface area (Å²) in [4.78, 5) is 12.2. The van der Waals surface area contributed by atoms with Gasteiger partial charge in [-0.15, -0.1) is 0 Å². The van der Waals surface area contributed by atoms with Crippen molar-refractivity contribution in [2.75, 3.05) is 0 Å². The van der Waals surface area contributed by atoms with Crippen LogP contribution in [-0.2, 0) is 12.8 Å². The third kappa shape index (κ3) is 2.36. The number of nitrogens with one attached hydrogen (secondary N) is 2. The molecule has 2 aromatic heterocycles. The van der Waals surface area contributed by atoms with Crippen molar-refractivity contribution in [1.82, 2.24) is 25.0 Å². The molecular weight excluding hydrogens is 278 g/mol. The molecule has 2 heterocycles. The molecule has 0 unspecified atom stereocenters. The number of hydrogen-bond acceptors (Lipinski definition) is 3. The van der Waals surface area contributed by atoms with Crippen molar-refractivity contribution in [2.24, 2.45) is 0 Å². The van der Waals surface area contributed by atoms with Gasteiger partial charge in [-0.05, 0) is 31.9 Å². The van der Waals surface area contributed by atoms with Gasteiger partial charge in [0.1, 0.15) is 5.82 Å². The van der Waals surface area contributed by atoms with Crippen LogP contribution in [0, 0.1) is 13.8 Å². The van der Waals surface area contributed by atoms with Gasteiger partial charge in [0, 0.05) is 17.7 Å². The number of nitrogens with zero attached hydrogens (tertiary/aromatic N) is 3. The van der Waals surface area contributed by atoms with Crippen molar-refractivity contribution in [3.63, 3.8) is 0 Å². The summed E-state index contributed by atoms with van der Waals surface area (Å²) in [5.74, 6) is 0.693. The Hall–Kier alpha value is -2.63. The monoisotopic (exact) mass is 297 g/mol. The molecule has 2 N–H and O–H groups in total. The van der Waals surface area contributed by atoms with E-state index in [1.165, 1.54) is 0 Å². The van der Waals surface area contributed by atoms with Gasteiger partial charge in [0.15, 0.2) is 0 Å². The van der Waals surface area contributed by atoms with Crippen molar-refractivity contribution >= 4 is 0 Å². The van der Waals surface area contributed by atoms with Crippen LogP contribution < -0.4 is 5.69 Å². The molecule has 3 aromatic rings. The Morgan fingerprint density at radius 3 is 2.59 bits per heavy atom. The predicted molar refractivity (Wildman–Crippen MR) is 84.4 cm³/mol. The van der Waals surface area contributed by atoms with Crippen LogP contribution >= 0.6 is 0 Å². The Bertz CT molecular complexity index is 836. The molecule has 0 fully saturated rings. The predicted octanol–water partition coefficient (Wildman–Crippen LogP) is 2.05. The maximum absolute atomic E-state index is 12.2. The summed E-state index contributed by atoms with van der Waals surface area (Å²) in [5, 5.41) is 13.9. The van der Waals surface area contributed by atoms with Gasteiger partial charge in [0.2, 0.25) is 0 Å². The minimum Gasteiger partial charge on any atom is -0.282 e. The first-order valence-electron chi connectivity index (χ1n) is 7.36. The molecule has 0 bridgehead atoms. The SMILES string of the molecule is CCc1ccccc1-n1c(Cc2c(C)n[nH]c2C)n[nH]c1=O. The molecule has 1 aromatic carbocycles. The lowest BCUT2D eigenvalue weighted by Crippen LogP contribution is -2.18. The normalized spacial score (nSPS) is 11.0. The highest BCUT2D eigenvalue weighted by atomic mass is 16.1. The zero-order chi connectivity index (χ0) is 15.7. The molecule has 0 aliphatic heterocycles. The van der Waals surface area contributed by atoms with Crippen molar-refractivity contribution in [2.45, 2.75) is 33.6 Å². The quantitative estimate of drug-likeness (QED) is 0.773. The molecule has 6 nitrogen and oxygen atoms in total. The molecule has 114 valence electrons. The van der Waals surface area contributed by atoms with Gasteiger partial charge >= 0.3 is 5.69 Å². The first-order chi connectivity index (χ1) is 10.6. The van der Waals surface area contributed by atoms with E-state index >= 15 is 0 Å². The maximum Gasteiger partial charge on any atom is 0.347 e. The van der Waals surface area contributed by atoms with Gasteiger partial charge in [-0.25, -0.2) is 14.5 Å². The number of benzene rings is 1. The molecule has 0 saturated carbocycles. The Kier molecular flexibility index (Phi) is 3.66. The lowest BCUT2D eigenvalue weighted by atomic mass is 10.1. The minimum atomic E-state index is -0.213. The van der Waals surface area contributed by atoms with E-state index in [0.29, 0.717) is 12.2 Å². The van der Waals surface area contributed by atoms with Gasteiger partial charge in [-0.3, -0.25) is 5.10 Å². The topological polar surface area (TPSA) is 79.4 Å². The zero-order valence-electron chi connectivity index (χ0n) is 13.0. The largest absolute Gasteiger partial charge is 0.347 e. The molecule has 0 spiro atoms. The van der Waals surface area contributed by atoms with Crippen molar-refractivity contribution < 1.29 is 0 Å². The molecule has 0 aliphatic rings. The Balaban J connectivity index is 2.11. The molecule has 0 amide bonds. The van der Waals surface area contributed by atoms with Crippen LogP contribution in [0.2, 0.25) is 0 Å². The van der Waals surface area contributed by atoms with E-state index in [1.54, 1.807) is 4.57 Å². The fourth-order valence-electron chi connectivity index (χ4n) is 2.72. The van der Waals surface area contributed by atoms with Crippen LogP contribution in [-0.4, -0.2) is 25.0 Å². The second-order valence-corrected chi connectivity index (χ2v) is 5.35. The number of hydrogen-bond donors (Lipinski definition) is 2. The fraction of sp³-hybridized carbons (Fsp3) is 0.312. The number of aromatic amines is 2. The van der Waals surface area contributed by atoms with Crippen LogP contribution in [0.4, 0.5) is 0 Å². The molecule has 0 aliphatic carbocycles. The Morgan fingerprint density at radius 1 is 1.14 bits per heavy atom. The van der Waals surface area contributed by atoms with E-state index in [2.05, 4.69) is 27.3 Å². The van der Waals surface area contributed by atoms with Crippen molar-refractivity contribution in [1.29, 1.82) is 0 Å². The number of aryl methyl sites for hydroxylation is 3. The molecule has 6 heteroatoms. The van der Waals surface area contributed by atoms with E-state index in [4.69, 9.17) is 0 Å². The summed E-state index contributed by atoms with van der Waals surface area (Å²) in [6.45, 7) is 6.01. The maximum atomic E-state index is 12.2. The summed E-state index contributed by atoms with van der Waals surface area (Å²) >= 11 is 0. The molecule has 0 saturated heterocycles. The standard InChI is InChI=1S/C16H19N5O/c1-4-12-7-5-6-8-14(12)21-15(19-20-16(21)22)9-13-10(2)17-18-11(13)3/h5-8H,4,9H2,1-3H3,(H,17,18)(H,20,22). The lowest BCUT2D eigenvalue weighted by molar-refractivity contribution is 0.872. The zero-order valence-corrected chi connectivity index (χ0v) is 13.0. The Labute approximate surface area is 128 Å². The highest BCUT2D eigenvalue weighted by molar-refractivity contribution is 5.42. The second-order valence-electron chi connectivity index (χ2n) is 5.35. The van der Waals surface area contributed by atoms with Gasteiger partial charge < -0.3 is 0 Å². The summed E-state index contributed by atoms with van der Waals surface area (Å²) < 4.78 is 1.66. The average molecular weight is 297 g/mol. The van der Waals surface area contributed by atoms with E-state index in [9.17, 15) is 4.79 Å². The van der Waals surface area contributed by atoms with Gasteiger partial charge in [-0.2, -0.15) is 10.2 Å². The van der Waals surface area contributed by atoms with Crippen molar-refractivity contribution in [3.05, 3.63) is 63.1 Å². The number of para-hydroxylation sites is 1.